The van der Waals surface area contributed by atoms with E-state index in [0.717, 1.165) is 25.0 Å². The molecule has 12 heteroatoms. The van der Waals surface area contributed by atoms with Gasteiger partial charge in [-0.1, -0.05) is 30.3 Å². The summed E-state index contributed by atoms with van der Waals surface area (Å²) in [6, 6.07) is 12.5. The number of halogens is 3. The Bertz CT molecular complexity index is 1390. The van der Waals surface area contributed by atoms with Crippen LogP contribution in [0.2, 0.25) is 0 Å². The predicted molar refractivity (Wildman–Crippen MR) is 127 cm³/mol. The monoisotopic (exact) mass is 520 g/mol. The van der Waals surface area contributed by atoms with E-state index in [1.165, 1.54) is 18.2 Å². The first-order valence-corrected chi connectivity index (χ1v) is 12.6. The number of carboxylic acids is 1. The van der Waals surface area contributed by atoms with Crippen LogP contribution in [0, 0.1) is 6.92 Å². The highest BCUT2D eigenvalue weighted by Gasteiger charge is 2.35. The molecule has 0 amide bonds. The maximum Gasteiger partial charge on any atom is 0.418 e. The van der Waals surface area contributed by atoms with Crippen molar-refractivity contribution < 1.29 is 31.5 Å². The van der Waals surface area contributed by atoms with Crippen molar-refractivity contribution in [2.45, 2.75) is 43.4 Å². The first-order valence-electron chi connectivity index (χ1n) is 11.1. The normalized spacial score (nSPS) is 13.9. The number of benzene rings is 1. The highest BCUT2D eigenvalue weighted by atomic mass is 32.2. The number of hydrogen-bond acceptors (Lipinski definition) is 6. The Labute approximate surface area is 205 Å². The van der Waals surface area contributed by atoms with Crippen LogP contribution in [0.25, 0.3) is 11.3 Å². The fourth-order valence-corrected chi connectivity index (χ4v) is 4.74. The van der Waals surface area contributed by atoms with Crippen LogP contribution in [0.3, 0.4) is 0 Å². The van der Waals surface area contributed by atoms with Gasteiger partial charge in [0.1, 0.15) is 11.6 Å². The molecule has 1 aliphatic carbocycles. The molecule has 190 valence electrons. The van der Waals surface area contributed by atoms with E-state index in [1.54, 1.807) is 36.1 Å². The summed E-state index contributed by atoms with van der Waals surface area (Å²) < 4.78 is 69.4. The van der Waals surface area contributed by atoms with Gasteiger partial charge in [0.2, 0.25) is 0 Å². The number of alkyl halides is 3. The lowest BCUT2D eigenvalue weighted by Crippen LogP contribution is -2.29. The number of pyridine rings is 2. The summed E-state index contributed by atoms with van der Waals surface area (Å²) in [6.07, 6.45) is -3.15. The number of aryl methyl sites for hydroxylation is 1. The number of aromatic nitrogens is 2. The summed E-state index contributed by atoms with van der Waals surface area (Å²) in [5.74, 6) is -0.968. The van der Waals surface area contributed by atoms with Gasteiger partial charge in [0.25, 0.3) is 10.0 Å². The van der Waals surface area contributed by atoms with Crippen LogP contribution in [0.5, 0.6) is 0 Å². The number of carbonyl (C=O) groups is 1. The summed E-state index contributed by atoms with van der Waals surface area (Å²) in [5.41, 5.74) is -0.606. The minimum atomic E-state index is -4.69. The van der Waals surface area contributed by atoms with Crippen molar-refractivity contribution in [2.24, 2.45) is 0 Å². The molecule has 0 spiro atoms. The van der Waals surface area contributed by atoms with E-state index in [4.69, 9.17) is 5.11 Å². The summed E-state index contributed by atoms with van der Waals surface area (Å²) in [4.78, 5) is 21.0. The van der Waals surface area contributed by atoms with Crippen molar-refractivity contribution in [2.75, 3.05) is 16.2 Å². The topological polar surface area (TPSA) is 112 Å². The highest BCUT2D eigenvalue weighted by Crippen LogP contribution is 2.38. The Morgan fingerprint density at radius 1 is 1.08 bits per heavy atom. The molecule has 1 aliphatic rings. The third-order valence-electron chi connectivity index (χ3n) is 5.67. The molecule has 4 rings (SSSR count). The third kappa shape index (κ3) is 5.76. The van der Waals surface area contributed by atoms with Crippen LogP contribution in [-0.2, 0) is 21.0 Å². The van der Waals surface area contributed by atoms with Crippen molar-refractivity contribution in [3.05, 3.63) is 65.7 Å². The maximum atomic E-state index is 13.7. The number of hydrogen-bond donors (Lipinski definition) is 2. The van der Waals surface area contributed by atoms with Gasteiger partial charge in [-0.3, -0.25) is 9.52 Å². The van der Waals surface area contributed by atoms with E-state index in [1.807, 2.05) is 0 Å². The van der Waals surface area contributed by atoms with Gasteiger partial charge in [-0.25, -0.2) is 9.97 Å². The molecule has 2 heterocycles. The SMILES string of the molecule is Cc1ccccc1-c1nc(NS(=O)(=O)c2cccc(N(CCC(=O)O)C3CC3)n2)ccc1C(F)(F)F. The number of carboxylic acid groups (broad SMARTS) is 1. The Balaban J connectivity index is 1.67. The molecule has 8 nitrogen and oxygen atoms in total. The molecule has 2 aromatic heterocycles. The van der Waals surface area contributed by atoms with Crippen LogP contribution in [0.1, 0.15) is 30.4 Å². The molecule has 2 N–H and O–H groups in total. The lowest BCUT2D eigenvalue weighted by Gasteiger charge is -2.23. The van der Waals surface area contributed by atoms with Gasteiger partial charge in [-0.2, -0.15) is 21.6 Å². The average molecular weight is 521 g/mol. The zero-order valence-electron chi connectivity index (χ0n) is 19.2. The molecule has 1 aromatic carbocycles. The lowest BCUT2D eigenvalue weighted by molar-refractivity contribution is -0.138. The van der Waals surface area contributed by atoms with Crippen molar-refractivity contribution in [1.29, 1.82) is 0 Å². The van der Waals surface area contributed by atoms with E-state index in [0.29, 0.717) is 11.4 Å². The second kappa shape index (κ2) is 9.76. The number of anilines is 2. The number of rotatable bonds is 9. The molecule has 36 heavy (non-hydrogen) atoms. The number of nitrogens with zero attached hydrogens (tertiary/aromatic N) is 3. The zero-order chi connectivity index (χ0) is 26.1. The molecule has 1 saturated carbocycles. The fraction of sp³-hybridized carbons (Fsp3) is 0.292. The predicted octanol–water partition coefficient (Wildman–Crippen LogP) is 4.72. The molecule has 0 unspecified atom stereocenters. The lowest BCUT2D eigenvalue weighted by atomic mass is 10.0. The van der Waals surface area contributed by atoms with E-state index in [-0.39, 0.29) is 35.4 Å². The second-order valence-electron chi connectivity index (χ2n) is 8.41. The molecule has 1 fully saturated rings. The summed E-state index contributed by atoms with van der Waals surface area (Å²) in [7, 11) is -4.31. The zero-order valence-corrected chi connectivity index (χ0v) is 20.0. The molecule has 0 saturated heterocycles. The van der Waals surface area contributed by atoms with Crippen LogP contribution in [-0.4, -0.2) is 42.0 Å². The van der Waals surface area contributed by atoms with Crippen LogP contribution < -0.4 is 9.62 Å². The molecule has 0 aliphatic heterocycles. The van der Waals surface area contributed by atoms with Crippen LogP contribution >= 0.6 is 0 Å². The van der Waals surface area contributed by atoms with Gasteiger partial charge in [0.05, 0.1) is 17.7 Å². The van der Waals surface area contributed by atoms with E-state index in [9.17, 15) is 26.4 Å². The van der Waals surface area contributed by atoms with Crippen LogP contribution in [0.15, 0.2) is 59.6 Å². The van der Waals surface area contributed by atoms with Crippen LogP contribution in [0.4, 0.5) is 24.8 Å². The molecular weight excluding hydrogens is 497 g/mol. The molecule has 0 radical (unpaired) electrons. The standard InChI is InChI=1S/C24H23F3N4O4S/c1-15-5-2-3-6-17(15)23-18(24(25,26)27)11-12-19(28-23)30-36(34,35)21-8-4-7-20(29-21)31(16-9-10-16)14-13-22(32)33/h2-8,11-12,16H,9-10,13-14H2,1H3,(H,28,30)(H,32,33). The van der Waals surface area contributed by atoms with Crippen molar-refractivity contribution in [3.63, 3.8) is 0 Å². The second-order valence-corrected chi connectivity index (χ2v) is 10.0. The van der Waals surface area contributed by atoms with Gasteiger partial charge in [-0.05, 0) is 49.6 Å². The fourth-order valence-electron chi connectivity index (χ4n) is 3.78. The molecule has 0 atom stereocenters. The van der Waals surface area contributed by atoms with Gasteiger partial charge in [0.15, 0.2) is 5.03 Å². The first kappa shape index (κ1) is 25.4. The Hall–Kier alpha value is -3.67. The average Bonchev–Trinajstić information content (AvgIpc) is 3.64. The summed E-state index contributed by atoms with van der Waals surface area (Å²) >= 11 is 0. The Morgan fingerprint density at radius 2 is 1.81 bits per heavy atom. The first-order chi connectivity index (χ1) is 17.0. The van der Waals surface area contributed by atoms with E-state index < -0.39 is 33.4 Å². The largest absolute Gasteiger partial charge is 0.481 e. The number of aliphatic carboxylic acids is 1. The molecular formula is C24H23F3N4O4S. The van der Waals surface area contributed by atoms with Gasteiger partial charge >= 0.3 is 12.1 Å². The summed E-state index contributed by atoms with van der Waals surface area (Å²) in [5, 5.41) is 8.66. The molecule has 0 bridgehead atoms. The smallest absolute Gasteiger partial charge is 0.418 e. The Morgan fingerprint density at radius 3 is 2.44 bits per heavy atom. The van der Waals surface area contributed by atoms with Gasteiger partial charge < -0.3 is 10.0 Å². The summed E-state index contributed by atoms with van der Waals surface area (Å²) in [6.45, 7) is 1.81. The third-order valence-corrected chi connectivity index (χ3v) is 6.93. The highest BCUT2D eigenvalue weighted by molar-refractivity contribution is 7.92. The van der Waals surface area contributed by atoms with E-state index >= 15 is 0 Å². The van der Waals surface area contributed by atoms with Gasteiger partial charge in [-0.15, -0.1) is 0 Å². The number of nitrogens with one attached hydrogen (secondary N) is 1. The Kier molecular flexibility index (Phi) is 6.90. The van der Waals surface area contributed by atoms with Crippen molar-refractivity contribution in [3.8, 4) is 11.3 Å². The van der Waals surface area contributed by atoms with E-state index in [2.05, 4.69) is 14.7 Å². The van der Waals surface area contributed by atoms with Crippen molar-refractivity contribution >= 4 is 27.6 Å². The minimum Gasteiger partial charge on any atom is -0.481 e. The molecule has 3 aromatic rings. The maximum absolute atomic E-state index is 13.7. The number of sulfonamides is 1. The minimum absolute atomic E-state index is 0.0796. The van der Waals surface area contributed by atoms with Gasteiger partial charge in [0, 0.05) is 18.2 Å². The quantitative estimate of drug-likeness (QED) is 0.420. The van der Waals surface area contributed by atoms with Crippen molar-refractivity contribution in [1.82, 2.24) is 9.97 Å².